The Morgan fingerprint density at radius 2 is 2.12 bits per heavy atom. The lowest BCUT2D eigenvalue weighted by atomic mass is 10.3. The molecule has 1 N–H and O–H groups in total. The van der Waals surface area contributed by atoms with E-state index in [1.54, 1.807) is 6.08 Å². The highest BCUT2D eigenvalue weighted by Gasteiger charge is 2.36. The van der Waals surface area contributed by atoms with Crippen molar-refractivity contribution in [3.8, 4) is 0 Å². The topological polar surface area (TPSA) is 66.5 Å². The second-order valence-electron chi connectivity index (χ2n) is 4.99. The minimum atomic E-state index is -0.576. The molecule has 0 spiro atoms. The summed E-state index contributed by atoms with van der Waals surface area (Å²) in [5, 5.41) is 3.81. The summed E-state index contributed by atoms with van der Waals surface area (Å²) in [6.07, 6.45) is 1.62. The molecule has 1 aromatic carbocycles. The number of imide groups is 1. The first-order valence-electron chi connectivity index (χ1n) is 6.97. The smallest absolute Gasteiger partial charge is 0.294 e. The largest absolute Gasteiger partial charge is 0.324 e. The van der Waals surface area contributed by atoms with Gasteiger partial charge in [0.25, 0.3) is 11.1 Å². The molecule has 5 nitrogen and oxygen atoms in total. The number of carbonyl (C=O) groups excluding carboxylic acids is 3. The van der Waals surface area contributed by atoms with Gasteiger partial charge in [-0.15, -0.1) is 11.3 Å². The zero-order valence-corrected chi connectivity index (χ0v) is 15.7. The number of rotatable bonds is 4. The zero-order chi connectivity index (χ0) is 18.0. The van der Waals surface area contributed by atoms with E-state index in [1.165, 1.54) is 29.5 Å². The molecule has 0 aliphatic carbocycles. The monoisotopic (exact) mass is 440 g/mol. The third-order valence-electron chi connectivity index (χ3n) is 3.14. The molecule has 1 aliphatic heterocycles. The molecule has 128 valence electrons. The third-order valence-corrected chi connectivity index (χ3v) is 5.69. The molecule has 3 rings (SSSR count). The van der Waals surface area contributed by atoms with Crippen LogP contribution >= 0.6 is 39.0 Å². The van der Waals surface area contributed by atoms with Gasteiger partial charge in [0.2, 0.25) is 5.91 Å². The molecule has 3 amide bonds. The van der Waals surface area contributed by atoms with Crippen LogP contribution in [0.15, 0.2) is 45.1 Å². The molecule has 1 aromatic heterocycles. The summed E-state index contributed by atoms with van der Waals surface area (Å²) in [7, 11) is 0. The van der Waals surface area contributed by atoms with Crippen molar-refractivity contribution < 1.29 is 18.8 Å². The Bertz CT molecular complexity index is 897. The van der Waals surface area contributed by atoms with Gasteiger partial charge in [-0.1, -0.05) is 6.07 Å². The third kappa shape index (κ3) is 4.36. The van der Waals surface area contributed by atoms with Crippen molar-refractivity contribution in [2.45, 2.75) is 0 Å². The summed E-state index contributed by atoms with van der Waals surface area (Å²) < 4.78 is 14.0. The van der Waals surface area contributed by atoms with Crippen molar-refractivity contribution >= 4 is 67.8 Å². The lowest BCUT2D eigenvalue weighted by Gasteiger charge is -2.12. The van der Waals surface area contributed by atoms with E-state index in [0.717, 1.165) is 32.1 Å². The van der Waals surface area contributed by atoms with Gasteiger partial charge in [0.1, 0.15) is 12.4 Å². The average molecular weight is 441 g/mol. The Kier molecular flexibility index (Phi) is 5.36. The summed E-state index contributed by atoms with van der Waals surface area (Å²) in [5.74, 6) is -1.59. The minimum Gasteiger partial charge on any atom is -0.324 e. The quantitative estimate of drug-likeness (QED) is 0.718. The molecule has 0 bridgehead atoms. The summed E-state index contributed by atoms with van der Waals surface area (Å²) in [5.41, 5.74) is 0.260. The number of halogens is 2. The Morgan fingerprint density at radius 1 is 1.32 bits per heavy atom. The van der Waals surface area contributed by atoms with Crippen LogP contribution in [-0.2, 0) is 9.59 Å². The fourth-order valence-corrected chi connectivity index (χ4v) is 4.36. The Balaban J connectivity index is 1.68. The first-order chi connectivity index (χ1) is 11.9. The van der Waals surface area contributed by atoms with Crippen LogP contribution in [0.2, 0.25) is 0 Å². The number of carbonyl (C=O) groups is 3. The van der Waals surface area contributed by atoms with Crippen LogP contribution < -0.4 is 5.32 Å². The average Bonchev–Trinajstić information content (AvgIpc) is 3.06. The number of thioether (sulfide) groups is 1. The van der Waals surface area contributed by atoms with Gasteiger partial charge in [0.05, 0.1) is 4.91 Å². The molecule has 1 fully saturated rings. The summed E-state index contributed by atoms with van der Waals surface area (Å²) in [4.78, 5) is 38.3. The maximum absolute atomic E-state index is 13.1. The van der Waals surface area contributed by atoms with Gasteiger partial charge < -0.3 is 5.32 Å². The molecule has 0 unspecified atom stereocenters. The second-order valence-corrected chi connectivity index (χ2v) is 7.85. The van der Waals surface area contributed by atoms with E-state index in [9.17, 15) is 18.8 Å². The van der Waals surface area contributed by atoms with Crippen molar-refractivity contribution in [1.82, 2.24) is 4.90 Å². The number of nitrogens with one attached hydrogen (secondary N) is 1. The molecular weight excluding hydrogens is 431 g/mol. The highest BCUT2D eigenvalue weighted by Crippen LogP contribution is 2.33. The maximum atomic E-state index is 13.1. The van der Waals surface area contributed by atoms with Crippen molar-refractivity contribution in [3.05, 3.63) is 55.8 Å². The first kappa shape index (κ1) is 17.8. The normalized spacial score (nSPS) is 15.9. The van der Waals surface area contributed by atoms with Crippen molar-refractivity contribution in [3.63, 3.8) is 0 Å². The van der Waals surface area contributed by atoms with Gasteiger partial charge in [-0.05, 0) is 58.0 Å². The van der Waals surface area contributed by atoms with Crippen LogP contribution in [0.3, 0.4) is 0 Å². The van der Waals surface area contributed by atoms with E-state index < -0.39 is 29.4 Å². The van der Waals surface area contributed by atoms with Gasteiger partial charge >= 0.3 is 0 Å². The number of hydrogen-bond acceptors (Lipinski definition) is 5. The van der Waals surface area contributed by atoms with Crippen molar-refractivity contribution in [2.24, 2.45) is 0 Å². The van der Waals surface area contributed by atoms with Crippen LogP contribution in [0.1, 0.15) is 4.88 Å². The summed E-state index contributed by atoms with van der Waals surface area (Å²) in [6, 6.07) is 7.20. The van der Waals surface area contributed by atoms with E-state index >= 15 is 0 Å². The molecule has 1 saturated heterocycles. The number of amides is 3. The molecule has 0 saturated carbocycles. The molecule has 0 atom stereocenters. The lowest BCUT2D eigenvalue weighted by molar-refractivity contribution is -0.127. The Hall–Kier alpha value is -1.97. The van der Waals surface area contributed by atoms with E-state index in [0.29, 0.717) is 0 Å². The highest BCUT2D eigenvalue weighted by atomic mass is 79.9. The molecule has 0 radical (unpaired) electrons. The molecule has 1 aliphatic rings. The predicted molar refractivity (Wildman–Crippen MR) is 99.7 cm³/mol. The summed E-state index contributed by atoms with van der Waals surface area (Å²) >= 11 is 5.53. The van der Waals surface area contributed by atoms with E-state index in [4.69, 9.17) is 0 Å². The minimum absolute atomic E-state index is 0.260. The van der Waals surface area contributed by atoms with Crippen LogP contribution in [-0.4, -0.2) is 28.5 Å². The Morgan fingerprint density at radius 3 is 2.80 bits per heavy atom. The maximum Gasteiger partial charge on any atom is 0.294 e. The lowest BCUT2D eigenvalue weighted by Crippen LogP contribution is -2.36. The van der Waals surface area contributed by atoms with Gasteiger partial charge in [-0.3, -0.25) is 19.3 Å². The number of nitrogens with zero attached hydrogens (tertiary/aromatic N) is 1. The van der Waals surface area contributed by atoms with Crippen LogP contribution in [0, 0.1) is 5.82 Å². The number of hydrogen-bond donors (Lipinski definition) is 1. The van der Waals surface area contributed by atoms with Crippen LogP contribution in [0.4, 0.5) is 14.9 Å². The van der Waals surface area contributed by atoms with Crippen LogP contribution in [0.25, 0.3) is 6.08 Å². The van der Waals surface area contributed by atoms with E-state index in [1.807, 2.05) is 11.4 Å². The van der Waals surface area contributed by atoms with Crippen molar-refractivity contribution in [1.29, 1.82) is 0 Å². The molecule has 25 heavy (non-hydrogen) atoms. The fourth-order valence-electron chi connectivity index (χ4n) is 2.08. The van der Waals surface area contributed by atoms with Crippen molar-refractivity contribution in [2.75, 3.05) is 11.9 Å². The first-order valence-corrected chi connectivity index (χ1v) is 9.46. The molecule has 2 aromatic rings. The second kappa shape index (κ2) is 7.51. The number of anilines is 1. The highest BCUT2D eigenvalue weighted by molar-refractivity contribution is 9.10. The van der Waals surface area contributed by atoms with E-state index in [-0.39, 0.29) is 10.6 Å². The van der Waals surface area contributed by atoms with Gasteiger partial charge in [0.15, 0.2) is 0 Å². The molecule has 2 heterocycles. The van der Waals surface area contributed by atoms with E-state index in [2.05, 4.69) is 21.2 Å². The molecular formula is C16H10BrFN2O3S2. The van der Waals surface area contributed by atoms with Gasteiger partial charge in [0, 0.05) is 20.4 Å². The van der Waals surface area contributed by atoms with Gasteiger partial charge in [-0.2, -0.15) is 0 Å². The Labute approximate surface area is 159 Å². The van der Waals surface area contributed by atoms with Gasteiger partial charge in [-0.25, -0.2) is 4.39 Å². The van der Waals surface area contributed by atoms with Crippen LogP contribution in [0.5, 0.6) is 0 Å². The zero-order valence-electron chi connectivity index (χ0n) is 12.5. The standard InChI is InChI=1S/C16H10BrFN2O3S2/c17-9-4-12(24-8-9)6-13-15(22)20(16(23)25-13)7-14(21)19-11-3-1-2-10(18)5-11/h1-6,8H,7H2,(H,19,21)/b13-6+. The molecule has 9 heteroatoms. The summed E-state index contributed by atoms with van der Waals surface area (Å²) in [6.45, 7) is -0.424. The SMILES string of the molecule is O=C(CN1C(=O)S/C(=C/c2cc(Br)cs2)C1=O)Nc1cccc(F)c1. The number of benzene rings is 1. The fraction of sp³-hybridized carbons (Fsp3) is 0.0625. The predicted octanol–water partition coefficient (Wildman–Crippen LogP) is 4.32. The number of thiophene rings is 1.